The number of nitrogens with one attached hydrogen (secondary N) is 1. The smallest absolute Gasteiger partial charge is 0.0934 e. The Labute approximate surface area is 130 Å². The number of aromatic nitrogens is 1. The molecule has 0 amide bonds. The number of benzene rings is 1. The largest absolute Gasteiger partial charge is 0.316 e. The first-order chi connectivity index (χ1) is 9.70. The van der Waals surface area contributed by atoms with Crippen LogP contribution in [0.3, 0.4) is 0 Å². The first-order valence-corrected chi connectivity index (χ1v) is 8.32. The fraction of sp³-hybridized carbons (Fsp3) is 0.438. The van der Waals surface area contributed by atoms with Gasteiger partial charge in [0.05, 0.1) is 5.01 Å². The Hall–Kier alpha value is -0.900. The molecule has 1 atom stereocenters. The number of rotatable bonds is 7. The van der Waals surface area contributed by atoms with Crippen LogP contribution in [0.25, 0.3) is 0 Å². The van der Waals surface area contributed by atoms with Crippen LogP contribution in [0, 0.1) is 6.92 Å². The summed E-state index contributed by atoms with van der Waals surface area (Å²) in [4.78, 5) is 4.58. The van der Waals surface area contributed by atoms with Crippen LogP contribution in [0.1, 0.15) is 35.5 Å². The highest BCUT2D eigenvalue weighted by Gasteiger charge is 2.16. The predicted octanol–water partition coefficient (Wildman–Crippen LogP) is 4.43. The molecule has 0 spiro atoms. The quantitative estimate of drug-likeness (QED) is 0.765. The molecule has 20 heavy (non-hydrogen) atoms. The van der Waals surface area contributed by atoms with Crippen LogP contribution in [0.15, 0.2) is 29.6 Å². The lowest BCUT2D eigenvalue weighted by Crippen LogP contribution is -2.24. The van der Waals surface area contributed by atoms with Crippen LogP contribution in [0.2, 0.25) is 5.02 Å². The van der Waals surface area contributed by atoms with Gasteiger partial charge in [0.2, 0.25) is 0 Å². The van der Waals surface area contributed by atoms with Gasteiger partial charge in [-0.1, -0.05) is 36.7 Å². The molecule has 0 aliphatic heterocycles. The zero-order valence-electron chi connectivity index (χ0n) is 12.0. The first-order valence-electron chi connectivity index (χ1n) is 7.06. The van der Waals surface area contributed by atoms with Gasteiger partial charge in [-0.3, -0.25) is 0 Å². The Kier molecular flexibility index (Phi) is 6.02. The molecule has 1 aromatic carbocycles. The molecule has 1 aromatic heterocycles. The minimum Gasteiger partial charge on any atom is -0.316 e. The molecule has 0 saturated carbocycles. The van der Waals surface area contributed by atoms with Crippen molar-refractivity contribution < 1.29 is 0 Å². The maximum atomic E-state index is 6.36. The Morgan fingerprint density at radius 1 is 1.35 bits per heavy atom. The van der Waals surface area contributed by atoms with Gasteiger partial charge < -0.3 is 5.32 Å². The minimum absolute atomic E-state index is 0.376. The highest BCUT2D eigenvalue weighted by molar-refractivity contribution is 7.09. The molecule has 0 saturated heterocycles. The number of thiazole rings is 1. The van der Waals surface area contributed by atoms with E-state index in [1.54, 1.807) is 11.3 Å². The van der Waals surface area contributed by atoms with E-state index in [-0.39, 0.29) is 0 Å². The summed E-state index contributed by atoms with van der Waals surface area (Å²) in [5, 5.41) is 7.65. The third-order valence-corrected chi connectivity index (χ3v) is 4.58. The van der Waals surface area contributed by atoms with Gasteiger partial charge >= 0.3 is 0 Å². The molecule has 1 N–H and O–H groups in total. The van der Waals surface area contributed by atoms with Gasteiger partial charge in [-0.2, -0.15) is 0 Å². The number of nitrogens with zero attached hydrogens (tertiary/aromatic N) is 1. The standard InChI is InChI=1S/C16H21ClN2S/c1-3-8-18-10-13(9-16-19-12(2)11-20-16)14-6-4-5-7-15(14)17/h4-7,11,13,18H,3,8-10H2,1-2H3. The van der Waals surface area contributed by atoms with Gasteiger partial charge in [0.1, 0.15) is 0 Å². The van der Waals surface area contributed by atoms with Crippen LogP contribution >= 0.6 is 22.9 Å². The second-order valence-electron chi connectivity index (χ2n) is 5.01. The minimum atomic E-state index is 0.376. The lowest BCUT2D eigenvalue weighted by molar-refractivity contribution is 0.575. The molecule has 0 bridgehead atoms. The van der Waals surface area contributed by atoms with E-state index in [0.29, 0.717) is 5.92 Å². The molecule has 2 aromatic rings. The van der Waals surface area contributed by atoms with E-state index in [0.717, 1.165) is 36.6 Å². The fourth-order valence-corrected chi connectivity index (χ4v) is 3.40. The molecule has 4 heteroatoms. The van der Waals surface area contributed by atoms with Crippen molar-refractivity contribution >= 4 is 22.9 Å². The topological polar surface area (TPSA) is 24.9 Å². The number of hydrogen-bond acceptors (Lipinski definition) is 3. The molecule has 108 valence electrons. The van der Waals surface area contributed by atoms with Gasteiger partial charge in [0.15, 0.2) is 0 Å². The second kappa shape index (κ2) is 7.77. The summed E-state index contributed by atoms with van der Waals surface area (Å²) in [7, 11) is 0. The van der Waals surface area contributed by atoms with Gasteiger partial charge in [-0.05, 0) is 31.5 Å². The Balaban J connectivity index is 2.13. The molecule has 0 aliphatic rings. The van der Waals surface area contributed by atoms with Crippen molar-refractivity contribution in [3.8, 4) is 0 Å². The van der Waals surface area contributed by atoms with Crippen molar-refractivity contribution in [2.45, 2.75) is 32.6 Å². The summed E-state index contributed by atoms with van der Waals surface area (Å²) in [5.41, 5.74) is 2.31. The van der Waals surface area contributed by atoms with Gasteiger partial charge in [0.25, 0.3) is 0 Å². The predicted molar refractivity (Wildman–Crippen MR) is 87.9 cm³/mol. The highest BCUT2D eigenvalue weighted by atomic mass is 35.5. The summed E-state index contributed by atoms with van der Waals surface area (Å²) in [6.45, 7) is 6.20. The lowest BCUT2D eigenvalue weighted by Gasteiger charge is -2.18. The number of aryl methyl sites for hydroxylation is 1. The summed E-state index contributed by atoms with van der Waals surface area (Å²) in [6.07, 6.45) is 2.09. The summed E-state index contributed by atoms with van der Waals surface area (Å²) in [5.74, 6) is 0.376. The van der Waals surface area contributed by atoms with Crippen LogP contribution < -0.4 is 5.32 Å². The Bertz CT molecular complexity index is 539. The van der Waals surface area contributed by atoms with Gasteiger partial charge in [-0.15, -0.1) is 11.3 Å². The third-order valence-electron chi connectivity index (χ3n) is 3.25. The van der Waals surface area contributed by atoms with Crippen molar-refractivity contribution in [1.29, 1.82) is 0 Å². The highest BCUT2D eigenvalue weighted by Crippen LogP contribution is 2.28. The lowest BCUT2D eigenvalue weighted by atomic mass is 9.95. The van der Waals surface area contributed by atoms with Crippen LogP contribution in [-0.4, -0.2) is 18.1 Å². The summed E-state index contributed by atoms with van der Waals surface area (Å²) in [6, 6.07) is 8.13. The third kappa shape index (κ3) is 4.30. The van der Waals surface area contributed by atoms with Gasteiger partial charge in [0, 0.05) is 35.0 Å². The maximum absolute atomic E-state index is 6.36. The molecule has 0 radical (unpaired) electrons. The van der Waals surface area contributed by atoms with Crippen LogP contribution in [-0.2, 0) is 6.42 Å². The average Bonchev–Trinajstić information content (AvgIpc) is 2.84. The molecule has 0 fully saturated rings. The SMILES string of the molecule is CCCNCC(Cc1nc(C)cs1)c1ccccc1Cl. The Morgan fingerprint density at radius 2 is 2.15 bits per heavy atom. The maximum Gasteiger partial charge on any atom is 0.0934 e. The summed E-state index contributed by atoms with van der Waals surface area (Å²) < 4.78 is 0. The van der Waals surface area contributed by atoms with Crippen molar-refractivity contribution in [1.82, 2.24) is 10.3 Å². The molecule has 1 unspecified atom stereocenters. The molecular weight excluding hydrogens is 288 g/mol. The second-order valence-corrected chi connectivity index (χ2v) is 6.36. The molecular formula is C16H21ClN2S. The molecule has 2 nitrogen and oxygen atoms in total. The van der Waals surface area contributed by atoms with Gasteiger partial charge in [-0.25, -0.2) is 4.98 Å². The van der Waals surface area contributed by atoms with Crippen molar-refractivity contribution in [3.63, 3.8) is 0 Å². The Morgan fingerprint density at radius 3 is 2.80 bits per heavy atom. The average molecular weight is 309 g/mol. The summed E-state index contributed by atoms with van der Waals surface area (Å²) >= 11 is 8.09. The van der Waals surface area contributed by atoms with E-state index in [1.165, 1.54) is 10.6 Å². The van der Waals surface area contributed by atoms with E-state index in [1.807, 2.05) is 19.1 Å². The van der Waals surface area contributed by atoms with Crippen molar-refractivity contribution in [2.75, 3.05) is 13.1 Å². The van der Waals surface area contributed by atoms with E-state index in [9.17, 15) is 0 Å². The normalized spacial score (nSPS) is 12.6. The van der Waals surface area contributed by atoms with E-state index in [4.69, 9.17) is 11.6 Å². The van der Waals surface area contributed by atoms with E-state index < -0.39 is 0 Å². The monoisotopic (exact) mass is 308 g/mol. The molecule has 0 aliphatic carbocycles. The molecule has 1 heterocycles. The van der Waals surface area contributed by atoms with Crippen LogP contribution in [0.5, 0.6) is 0 Å². The van der Waals surface area contributed by atoms with Crippen LogP contribution in [0.4, 0.5) is 0 Å². The number of halogens is 1. The number of hydrogen-bond donors (Lipinski definition) is 1. The van der Waals surface area contributed by atoms with E-state index >= 15 is 0 Å². The zero-order chi connectivity index (χ0) is 14.4. The first kappa shape index (κ1) is 15.5. The fourth-order valence-electron chi connectivity index (χ4n) is 2.26. The van der Waals surface area contributed by atoms with E-state index in [2.05, 4.69) is 34.7 Å². The molecule has 2 rings (SSSR count). The zero-order valence-corrected chi connectivity index (χ0v) is 13.6. The van der Waals surface area contributed by atoms with Crippen molar-refractivity contribution in [3.05, 3.63) is 50.9 Å². The van der Waals surface area contributed by atoms with Crippen molar-refractivity contribution in [2.24, 2.45) is 0 Å².